The zero-order chi connectivity index (χ0) is 40.6. The molecule has 4 aliphatic rings. The molecule has 0 radical (unpaired) electrons. The zero-order valence-corrected chi connectivity index (χ0v) is 34.0. The minimum atomic E-state index is -1.08. The van der Waals surface area contributed by atoms with E-state index >= 15 is 0 Å². The van der Waals surface area contributed by atoms with E-state index in [1.54, 1.807) is 21.7 Å². The molecule has 0 bridgehead atoms. The topological polar surface area (TPSA) is 149 Å². The number of benzene rings is 2. The molecule has 57 heavy (non-hydrogen) atoms. The van der Waals surface area contributed by atoms with Gasteiger partial charge in [0.05, 0.1) is 6.61 Å². The predicted octanol–water partition coefficient (Wildman–Crippen LogP) is 3.48. The first-order valence-corrected chi connectivity index (χ1v) is 21.1. The molecule has 13 nitrogen and oxygen atoms in total. The van der Waals surface area contributed by atoms with Crippen molar-refractivity contribution < 1.29 is 33.5 Å². The van der Waals surface area contributed by atoms with Gasteiger partial charge in [-0.25, -0.2) is 0 Å². The first-order valence-electron chi connectivity index (χ1n) is 21.1. The number of carbonyl (C=O) groups is 6. The van der Waals surface area contributed by atoms with Gasteiger partial charge in [-0.2, -0.15) is 0 Å². The summed E-state index contributed by atoms with van der Waals surface area (Å²) < 4.78 is 5.62. The third-order valence-corrected chi connectivity index (χ3v) is 12.4. The van der Waals surface area contributed by atoms with Gasteiger partial charge in [0.2, 0.25) is 35.4 Å². The Morgan fingerprint density at radius 3 is 1.86 bits per heavy atom. The highest BCUT2D eigenvalue weighted by Gasteiger charge is 2.46. The summed E-state index contributed by atoms with van der Waals surface area (Å²) in [5.41, 5.74) is 1.63. The number of nitrogens with zero attached hydrogens (tertiary/aromatic N) is 4. The number of hydrogen-bond donors (Lipinski definition) is 2. The van der Waals surface area contributed by atoms with E-state index in [1.165, 1.54) is 4.90 Å². The molecular formula is C44H60N6O7. The minimum Gasteiger partial charge on any atom is -0.494 e. The maximum Gasteiger partial charge on any atom is 0.246 e. The third-order valence-electron chi connectivity index (χ3n) is 12.4. The van der Waals surface area contributed by atoms with Crippen molar-refractivity contribution in [3.05, 3.63) is 65.7 Å². The fourth-order valence-electron chi connectivity index (χ4n) is 8.92. The summed E-state index contributed by atoms with van der Waals surface area (Å²) in [6.07, 6.45) is 5.69. The number of likely N-dealkylation sites (N-methyl/N-ethyl adjacent to an activating group) is 1. The van der Waals surface area contributed by atoms with Gasteiger partial charge in [-0.15, -0.1) is 0 Å². The Balaban J connectivity index is 1.42. The average Bonchev–Trinajstić information content (AvgIpc) is 3.74. The lowest BCUT2D eigenvalue weighted by atomic mass is 9.92. The summed E-state index contributed by atoms with van der Waals surface area (Å²) in [7, 11) is 1.62. The maximum absolute atomic E-state index is 14.8. The molecule has 0 unspecified atom stereocenters. The molecule has 4 heterocycles. The predicted molar refractivity (Wildman–Crippen MR) is 215 cm³/mol. The van der Waals surface area contributed by atoms with Crippen LogP contribution in [0.5, 0.6) is 5.75 Å². The second-order valence-corrected chi connectivity index (χ2v) is 16.1. The van der Waals surface area contributed by atoms with Crippen LogP contribution in [0.1, 0.15) is 89.7 Å². The molecule has 6 amide bonds. The van der Waals surface area contributed by atoms with Crippen molar-refractivity contribution in [1.29, 1.82) is 0 Å². The van der Waals surface area contributed by atoms with Crippen molar-refractivity contribution in [2.24, 2.45) is 5.92 Å². The molecule has 13 heteroatoms. The largest absolute Gasteiger partial charge is 0.494 e. The third kappa shape index (κ3) is 9.45. The Labute approximate surface area is 336 Å². The summed E-state index contributed by atoms with van der Waals surface area (Å²) in [4.78, 5) is 94.0. The average molecular weight is 785 g/mol. The van der Waals surface area contributed by atoms with Gasteiger partial charge in [-0.05, 0) is 87.5 Å². The van der Waals surface area contributed by atoms with Crippen molar-refractivity contribution in [2.45, 2.75) is 128 Å². The first-order chi connectivity index (χ1) is 27.5. The van der Waals surface area contributed by atoms with Crippen molar-refractivity contribution in [2.75, 3.05) is 33.3 Å². The highest BCUT2D eigenvalue weighted by molar-refractivity contribution is 5.98. The Morgan fingerprint density at radius 2 is 1.21 bits per heavy atom. The molecule has 6 rings (SSSR count). The highest BCUT2D eigenvalue weighted by Crippen LogP contribution is 2.29. The summed E-state index contributed by atoms with van der Waals surface area (Å²) in [5.74, 6) is -1.87. The Morgan fingerprint density at radius 1 is 0.632 bits per heavy atom. The van der Waals surface area contributed by atoms with Crippen LogP contribution in [0.4, 0.5) is 0 Å². The smallest absolute Gasteiger partial charge is 0.246 e. The molecule has 4 fully saturated rings. The number of nitrogens with one attached hydrogen (secondary N) is 2. The molecule has 7 atom stereocenters. The molecule has 4 aliphatic heterocycles. The van der Waals surface area contributed by atoms with E-state index in [9.17, 15) is 28.8 Å². The van der Waals surface area contributed by atoms with Crippen molar-refractivity contribution in [1.82, 2.24) is 30.2 Å². The Hall–Kier alpha value is -4.94. The molecule has 308 valence electrons. The highest BCUT2D eigenvalue weighted by atomic mass is 16.5. The van der Waals surface area contributed by atoms with E-state index in [2.05, 4.69) is 10.6 Å². The Kier molecular flexibility index (Phi) is 13.9. The van der Waals surface area contributed by atoms with Crippen LogP contribution in [-0.4, -0.2) is 125 Å². The van der Waals surface area contributed by atoms with Gasteiger partial charge in [-0.1, -0.05) is 62.7 Å². The summed E-state index contributed by atoms with van der Waals surface area (Å²) in [5, 5.41) is 6.01. The van der Waals surface area contributed by atoms with Gasteiger partial charge in [0.15, 0.2) is 0 Å². The number of fused-ring (bicyclic) bond motifs is 3. The molecule has 0 aliphatic carbocycles. The Bertz CT molecular complexity index is 1750. The summed E-state index contributed by atoms with van der Waals surface area (Å²) >= 11 is 0. The lowest BCUT2D eigenvalue weighted by molar-refractivity contribution is -0.158. The normalized spacial score (nSPS) is 27.4. The van der Waals surface area contributed by atoms with E-state index in [-0.39, 0.29) is 42.4 Å². The summed E-state index contributed by atoms with van der Waals surface area (Å²) in [6, 6.07) is 11.3. The summed E-state index contributed by atoms with van der Waals surface area (Å²) in [6.45, 7) is 7.28. The molecular weight excluding hydrogens is 725 g/mol. The van der Waals surface area contributed by atoms with Crippen LogP contribution in [0.3, 0.4) is 0 Å². The van der Waals surface area contributed by atoms with Crippen LogP contribution < -0.4 is 15.4 Å². The quantitative estimate of drug-likeness (QED) is 0.417. The fraction of sp³-hybridized carbons (Fsp3) is 0.591. The van der Waals surface area contributed by atoms with Gasteiger partial charge in [0.25, 0.3) is 0 Å². The van der Waals surface area contributed by atoms with E-state index in [4.69, 9.17) is 4.74 Å². The molecule has 2 aromatic carbocycles. The van der Waals surface area contributed by atoms with Gasteiger partial charge in [-0.3, -0.25) is 28.8 Å². The molecule has 2 N–H and O–H groups in total. The monoisotopic (exact) mass is 784 g/mol. The second kappa shape index (κ2) is 19.0. The van der Waals surface area contributed by atoms with Crippen molar-refractivity contribution in [3.63, 3.8) is 0 Å². The van der Waals surface area contributed by atoms with Crippen molar-refractivity contribution in [3.8, 4) is 5.75 Å². The van der Waals surface area contributed by atoms with Crippen LogP contribution in [-0.2, 0) is 41.6 Å². The van der Waals surface area contributed by atoms with Crippen LogP contribution in [0.2, 0.25) is 0 Å². The van der Waals surface area contributed by atoms with E-state index in [0.717, 1.165) is 30.4 Å². The standard InChI is InChI=1S/C44H60N6O7/c1-5-29(3)38-44(56)50-25-13-11-18-36(50)42(54)49-24-12-10-17-35(49)41(53)47(4)37(28-30-15-8-7-9-16-30)43(55)48-26-14-19-34(48)40(52)45-33(39(51)46-38)27-31-20-22-32(23-21-31)57-6-2/h7-9,15-16,20-23,29,33-38H,5-6,10-14,17-19,24-28H2,1-4H3,(H,45,52)(H,46,51)/t29-,33+,34-,35-,36+,37+,38-/m0/s1. The number of hydrogen-bond acceptors (Lipinski definition) is 7. The van der Waals surface area contributed by atoms with Crippen LogP contribution in [0.15, 0.2) is 54.6 Å². The number of piperidine rings is 2. The molecule has 0 saturated carbocycles. The van der Waals surface area contributed by atoms with Gasteiger partial charge < -0.3 is 35.0 Å². The molecule has 0 aromatic heterocycles. The van der Waals surface area contributed by atoms with Crippen LogP contribution >= 0.6 is 0 Å². The number of carbonyl (C=O) groups excluding carboxylic acids is 6. The zero-order valence-electron chi connectivity index (χ0n) is 34.0. The fourth-order valence-corrected chi connectivity index (χ4v) is 8.92. The molecule has 2 aromatic rings. The molecule has 4 saturated heterocycles. The van der Waals surface area contributed by atoms with E-state index in [1.807, 2.05) is 75.4 Å². The number of amides is 6. The van der Waals surface area contributed by atoms with E-state index < -0.39 is 48.1 Å². The van der Waals surface area contributed by atoms with Gasteiger partial charge in [0.1, 0.15) is 42.0 Å². The number of ether oxygens (including phenoxy) is 1. The first kappa shape index (κ1) is 41.7. The van der Waals surface area contributed by atoms with Crippen LogP contribution in [0.25, 0.3) is 0 Å². The SMILES string of the molecule is CCOc1ccc(C[C@H]2NC(=O)[C@@H]3CCCN3C(=O)[C@@H](Cc3ccccc3)N(C)C(=O)[C@@H]3CCCCN3C(=O)[C@H]3CCCCN3C(=O)[C@H]([C@@H](C)CC)NC2=O)cc1. The number of rotatable bonds is 8. The van der Waals surface area contributed by atoms with E-state index in [0.29, 0.717) is 70.5 Å². The van der Waals surface area contributed by atoms with Crippen LogP contribution in [0, 0.1) is 5.92 Å². The van der Waals surface area contributed by atoms with Gasteiger partial charge >= 0.3 is 0 Å². The second-order valence-electron chi connectivity index (χ2n) is 16.1. The molecule has 0 spiro atoms. The van der Waals surface area contributed by atoms with Gasteiger partial charge in [0, 0.05) is 39.5 Å². The minimum absolute atomic E-state index is 0.126. The lowest BCUT2D eigenvalue weighted by Crippen LogP contribution is -2.64. The lowest BCUT2D eigenvalue weighted by Gasteiger charge is -2.44. The van der Waals surface area contributed by atoms with Crippen molar-refractivity contribution >= 4 is 35.4 Å². The maximum atomic E-state index is 14.8.